The standard InChI is InChI=1S/C7H16N.Li/c1-4-7-8(5-2)6-3;/h7H,4-6H2,1-3H3;/q-1;+1. The first kappa shape index (κ1) is 12.3. The smallest absolute Gasteiger partial charge is 0.457 e. The average Bonchev–Trinajstić information content (AvgIpc) is 1.83. The number of hydrogen-bond acceptors (Lipinski definition) is 1. The van der Waals surface area contributed by atoms with Crippen LogP contribution in [-0.4, -0.2) is 18.0 Å². The van der Waals surface area contributed by atoms with Gasteiger partial charge in [-0.15, -0.1) is 0 Å². The predicted molar refractivity (Wildman–Crippen MR) is 37.5 cm³/mol. The van der Waals surface area contributed by atoms with Crippen LogP contribution in [0.5, 0.6) is 0 Å². The first-order valence-corrected chi connectivity index (χ1v) is 3.42. The van der Waals surface area contributed by atoms with Gasteiger partial charge < -0.3 is 4.90 Å². The van der Waals surface area contributed by atoms with E-state index in [0.717, 1.165) is 19.5 Å². The van der Waals surface area contributed by atoms with Gasteiger partial charge in [0.2, 0.25) is 0 Å². The molecule has 0 aromatic rings. The molecule has 0 aliphatic heterocycles. The van der Waals surface area contributed by atoms with Crippen molar-refractivity contribution in [2.45, 2.75) is 27.2 Å². The molecule has 50 valence electrons. The summed E-state index contributed by atoms with van der Waals surface area (Å²) < 4.78 is 0. The molecule has 0 bridgehead atoms. The van der Waals surface area contributed by atoms with Crippen LogP contribution in [0, 0.1) is 6.54 Å². The van der Waals surface area contributed by atoms with Crippen LogP contribution >= 0.6 is 0 Å². The van der Waals surface area contributed by atoms with Crippen LogP contribution in [0.1, 0.15) is 27.2 Å². The topological polar surface area (TPSA) is 3.24 Å². The average molecular weight is 121 g/mol. The fourth-order valence-electron chi connectivity index (χ4n) is 0.740. The molecule has 0 radical (unpaired) electrons. The van der Waals surface area contributed by atoms with E-state index in [4.69, 9.17) is 0 Å². The molecule has 0 atom stereocenters. The molecular weight excluding hydrogens is 105 g/mol. The van der Waals surface area contributed by atoms with E-state index in [1.54, 1.807) is 0 Å². The predicted octanol–water partition coefficient (Wildman–Crippen LogP) is -1.10. The van der Waals surface area contributed by atoms with E-state index in [9.17, 15) is 0 Å². The van der Waals surface area contributed by atoms with E-state index in [1.165, 1.54) is 0 Å². The molecule has 9 heavy (non-hydrogen) atoms. The Morgan fingerprint density at radius 1 is 1.11 bits per heavy atom. The van der Waals surface area contributed by atoms with Crippen LogP contribution in [0.3, 0.4) is 0 Å². The molecule has 0 heterocycles. The second-order valence-electron chi connectivity index (χ2n) is 1.81. The Bertz CT molecular complexity index is 44.2. The molecule has 0 amide bonds. The van der Waals surface area contributed by atoms with E-state index in [-0.39, 0.29) is 18.9 Å². The normalized spacial score (nSPS) is 9.33. The van der Waals surface area contributed by atoms with Gasteiger partial charge >= 0.3 is 18.9 Å². The summed E-state index contributed by atoms with van der Waals surface area (Å²) >= 11 is 0. The Morgan fingerprint density at radius 2 is 1.56 bits per heavy atom. The van der Waals surface area contributed by atoms with Crippen molar-refractivity contribution in [3.8, 4) is 0 Å². The molecule has 0 aliphatic carbocycles. The molecule has 0 saturated carbocycles. The maximum atomic E-state index is 2.31. The van der Waals surface area contributed by atoms with Crippen molar-refractivity contribution in [2.24, 2.45) is 0 Å². The molecule has 1 nitrogen and oxygen atoms in total. The van der Waals surface area contributed by atoms with Gasteiger partial charge in [-0.25, -0.2) is 0 Å². The van der Waals surface area contributed by atoms with Crippen molar-refractivity contribution in [1.82, 2.24) is 4.90 Å². The van der Waals surface area contributed by atoms with Gasteiger partial charge in [0.1, 0.15) is 0 Å². The quantitative estimate of drug-likeness (QED) is 0.337. The summed E-state index contributed by atoms with van der Waals surface area (Å²) in [5.41, 5.74) is 0. The van der Waals surface area contributed by atoms with Crippen molar-refractivity contribution in [3.63, 3.8) is 0 Å². The van der Waals surface area contributed by atoms with Crippen molar-refractivity contribution in [3.05, 3.63) is 6.54 Å². The number of nitrogens with zero attached hydrogens (tertiary/aromatic N) is 1. The van der Waals surface area contributed by atoms with E-state index in [0.29, 0.717) is 0 Å². The van der Waals surface area contributed by atoms with Gasteiger partial charge in [-0.2, -0.15) is 6.42 Å². The Kier molecular flexibility index (Phi) is 11.7. The summed E-state index contributed by atoms with van der Waals surface area (Å²) in [6.45, 7) is 11.0. The molecule has 0 aromatic carbocycles. The minimum atomic E-state index is 0. The largest absolute Gasteiger partial charge is 1.00 e. The minimum Gasteiger partial charge on any atom is -0.457 e. The molecule has 0 saturated heterocycles. The second kappa shape index (κ2) is 8.56. The second-order valence-corrected chi connectivity index (χ2v) is 1.81. The van der Waals surface area contributed by atoms with Crippen LogP contribution in [-0.2, 0) is 0 Å². The first-order valence-electron chi connectivity index (χ1n) is 3.42. The molecule has 0 aliphatic rings. The molecule has 0 aromatic heterocycles. The summed E-state index contributed by atoms with van der Waals surface area (Å²) in [6.07, 6.45) is 1.15. The summed E-state index contributed by atoms with van der Waals surface area (Å²) in [7, 11) is 0. The zero-order chi connectivity index (χ0) is 6.41. The van der Waals surface area contributed by atoms with Crippen molar-refractivity contribution < 1.29 is 18.9 Å². The third-order valence-corrected chi connectivity index (χ3v) is 1.25. The van der Waals surface area contributed by atoms with Crippen LogP contribution in [0.2, 0.25) is 0 Å². The van der Waals surface area contributed by atoms with Gasteiger partial charge in [0, 0.05) is 0 Å². The third-order valence-electron chi connectivity index (χ3n) is 1.25. The van der Waals surface area contributed by atoms with Gasteiger partial charge in [0.05, 0.1) is 0 Å². The Morgan fingerprint density at radius 3 is 1.67 bits per heavy atom. The molecule has 0 fully saturated rings. The van der Waals surface area contributed by atoms with Crippen LogP contribution < -0.4 is 18.9 Å². The first-order chi connectivity index (χ1) is 3.85. The van der Waals surface area contributed by atoms with Gasteiger partial charge in [0.25, 0.3) is 0 Å². The van der Waals surface area contributed by atoms with Gasteiger partial charge in [0.15, 0.2) is 0 Å². The van der Waals surface area contributed by atoms with E-state index < -0.39 is 0 Å². The van der Waals surface area contributed by atoms with Crippen molar-refractivity contribution in [1.29, 1.82) is 0 Å². The molecular formula is C7H16LiN. The molecule has 0 rings (SSSR count). The fraction of sp³-hybridized carbons (Fsp3) is 0.857. The maximum Gasteiger partial charge on any atom is 1.00 e. The van der Waals surface area contributed by atoms with E-state index >= 15 is 0 Å². The van der Waals surface area contributed by atoms with Crippen molar-refractivity contribution >= 4 is 0 Å². The number of rotatable bonds is 4. The Labute approximate surface area is 71.0 Å². The SMILES string of the molecule is CC[CH-]N(CC)CC.[Li+]. The fourth-order valence-corrected chi connectivity index (χ4v) is 0.740. The summed E-state index contributed by atoms with van der Waals surface area (Å²) in [4.78, 5) is 2.31. The summed E-state index contributed by atoms with van der Waals surface area (Å²) in [6, 6.07) is 0. The Balaban J connectivity index is 0. The minimum absolute atomic E-state index is 0. The zero-order valence-corrected chi connectivity index (χ0v) is 7.15. The molecule has 0 unspecified atom stereocenters. The third kappa shape index (κ3) is 6.44. The van der Waals surface area contributed by atoms with Crippen LogP contribution in [0.4, 0.5) is 0 Å². The molecule has 0 spiro atoms. The van der Waals surface area contributed by atoms with Crippen LogP contribution in [0.25, 0.3) is 0 Å². The molecule has 2 heteroatoms. The maximum absolute atomic E-state index is 2.31. The van der Waals surface area contributed by atoms with Gasteiger partial charge in [-0.3, -0.25) is 6.54 Å². The Hall–Kier alpha value is 0.557. The number of hydrogen-bond donors (Lipinski definition) is 0. The van der Waals surface area contributed by atoms with Crippen molar-refractivity contribution in [2.75, 3.05) is 13.1 Å². The van der Waals surface area contributed by atoms with Gasteiger partial charge in [-0.1, -0.05) is 20.8 Å². The summed E-state index contributed by atoms with van der Waals surface area (Å²) in [5, 5.41) is 0. The summed E-state index contributed by atoms with van der Waals surface area (Å²) in [5.74, 6) is 0. The van der Waals surface area contributed by atoms with Gasteiger partial charge in [-0.05, 0) is 13.1 Å². The van der Waals surface area contributed by atoms with Crippen LogP contribution in [0.15, 0.2) is 0 Å². The zero-order valence-electron chi connectivity index (χ0n) is 7.15. The monoisotopic (exact) mass is 121 g/mol. The molecule has 0 N–H and O–H groups in total. The van der Waals surface area contributed by atoms with E-state index in [1.807, 2.05) is 0 Å². The van der Waals surface area contributed by atoms with E-state index in [2.05, 4.69) is 32.2 Å².